The molecule has 29 heavy (non-hydrogen) atoms. The number of hydrogen-bond donors (Lipinski definition) is 3. The van der Waals surface area contributed by atoms with Gasteiger partial charge in [-0.25, -0.2) is 0 Å². The quantitative estimate of drug-likeness (QED) is 0.441. The van der Waals surface area contributed by atoms with Crippen molar-refractivity contribution >= 4 is 22.5 Å². The second-order valence-electron chi connectivity index (χ2n) is 7.14. The summed E-state index contributed by atoms with van der Waals surface area (Å²) in [5.41, 5.74) is 6.03. The van der Waals surface area contributed by atoms with E-state index in [1.807, 2.05) is 30.5 Å². The molecule has 0 saturated heterocycles. The summed E-state index contributed by atoms with van der Waals surface area (Å²) >= 11 is 0. The van der Waals surface area contributed by atoms with E-state index in [4.69, 9.17) is 0 Å². The average Bonchev–Trinajstić information content (AvgIpc) is 3.16. The predicted octanol–water partition coefficient (Wildman–Crippen LogP) is 4.46. The van der Waals surface area contributed by atoms with Crippen LogP contribution in [0.1, 0.15) is 27.2 Å². The first kappa shape index (κ1) is 18.7. The third-order valence-electron chi connectivity index (χ3n) is 4.93. The first-order chi connectivity index (χ1) is 14.2. The van der Waals surface area contributed by atoms with Crippen LogP contribution in [0.15, 0.2) is 73.1 Å². The van der Waals surface area contributed by atoms with Crippen LogP contribution in [-0.2, 0) is 13.0 Å². The van der Waals surface area contributed by atoms with Gasteiger partial charge in [0.1, 0.15) is 5.69 Å². The predicted molar refractivity (Wildman–Crippen MR) is 117 cm³/mol. The minimum absolute atomic E-state index is 0.163. The normalized spacial score (nSPS) is 10.8. The van der Waals surface area contributed by atoms with Crippen molar-refractivity contribution < 1.29 is 4.79 Å². The largest absolute Gasteiger partial charge is 0.381 e. The van der Waals surface area contributed by atoms with E-state index in [9.17, 15) is 4.79 Å². The zero-order chi connectivity index (χ0) is 20.1. The fourth-order valence-corrected chi connectivity index (χ4v) is 3.43. The highest BCUT2D eigenvalue weighted by Gasteiger charge is 2.09. The maximum Gasteiger partial charge on any atom is 0.269 e. The van der Waals surface area contributed by atoms with Gasteiger partial charge in [0.2, 0.25) is 0 Å². The molecule has 0 aliphatic rings. The van der Waals surface area contributed by atoms with E-state index in [0.717, 1.165) is 17.6 Å². The zero-order valence-corrected chi connectivity index (χ0v) is 16.4. The molecule has 4 rings (SSSR count). The second-order valence-corrected chi connectivity index (χ2v) is 7.14. The number of fused-ring (bicyclic) bond motifs is 1. The van der Waals surface area contributed by atoms with E-state index in [-0.39, 0.29) is 5.91 Å². The van der Waals surface area contributed by atoms with Crippen LogP contribution < -0.4 is 10.6 Å². The van der Waals surface area contributed by atoms with Gasteiger partial charge >= 0.3 is 0 Å². The first-order valence-corrected chi connectivity index (χ1v) is 9.78. The molecule has 5 nitrogen and oxygen atoms in total. The molecule has 5 heteroatoms. The van der Waals surface area contributed by atoms with E-state index in [2.05, 4.69) is 57.9 Å². The summed E-state index contributed by atoms with van der Waals surface area (Å²) in [5, 5.41) is 7.52. The van der Waals surface area contributed by atoms with Crippen molar-refractivity contribution in [2.45, 2.75) is 19.9 Å². The summed E-state index contributed by atoms with van der Waals surface area (Å²) in [5.74, 6) is -0.163. The number of hydrogen-bond acceptors (Lipinski definition) is 3. The fraction of sp³-hybridized carbons (Fsp3) is 0.167. The van der Waals surface area contributed by atoms with Crippen LogP contribution in [0.4, 0.5) is 5.69 Å². The van der Waals surface area contributed by atoms with Crippen molar-refractivity contribution in [3.05, 3.63) is 95.4 Å². The Kier molecular flexibility index (Phi) is 5.56. The number of amides is 1. The Morgan fingerprint density at radius 2 is 1.97 bits per heavy atom. The van der Waals surface area contributed by atoms with Crippen molar-refractivity contribution in [3.63, 3.8) is 0 Å². The van der Waals surface area contributed by atoms with Gasteiger partial charge < -0.3 is 15.6 Å². The Morgan fingerprint density at radius 1 is 1.07 bits per heavy atom. The summed E-state index contributed by atoms with van der Waals surface area (Å²) in [6, 6.07) is 20.2. The number of aromatic amines is 1. The van der Waals surface area contributed by atoms with Gasteiger partial charge in [-0.15, -0.1) is 0 Å². The minimum Gasteiger partial charge on any atom is -0.381 e. The van der Waals surface area contributed by atoms with E-state index in [0.29, 0.717) is 18.8 Å². The Balaban J connectivity index is 1.33. The molecule has 0 saturated carbocycles. The number of carbonyl (C=O) groups excluding carboxylic acids is 1. The van der Waals surface area contributed by atoms with Crippen LogP contribution in [0.5, 0.6) is 0 Å². The van der Waals surface area contributed by atoms with Crippen LogP contribution in [0.3, 0.4) is 0 Å². The van der Waals surface area contributed by atoms with E-state index in [1.165, 1.54) is 22.1 Å². The monoisotopic (exact) mass is 384 g/mol. The Labute approximate surface area is 170 Å². The van der Waals surface area contributed by atoms with Gasteiger partial charge in [0.15, 0.2) is 0 Å². The second kappa shape index (κ2) is 8.61. The minimum atomic E-state index is -0.163. The number of anilines is 1. The number of H-pyrrole nitrogens is 1. The molecule has 2 aromatic carbocycles. The molecule has 2 aromatic heterocycles. The number of nitrogens with one attached hydrogen (secondary N) is 3. The summed E-state index contributed by atoms with van der Waals surface area (Å²) in [7, 11) is 0. The topological polar surface area (TPSA) is 69.8 Å². The van der Waals surface area contributed by atoms with Crippen LogP contribution in [0, 0.1) is 6.92 Å². The zero-order valence-electron chi connectivity index (χ0n) is 16.4. The number of pyridine rings is 1. The van der Waals surface area contributed by atoms with Gasteiger partial charge in [-0.2, -0.15) is 0 Å². The number of aryl methyl sites for hydroxylation is 1. The van der Waals surface area contributed by atoms with Crippen molar-refractivity contribution in [1.82, 2.24) is 15.3 Å². The Bertz CT molecular complexity index is 1130. The van der Waals surface area contributed by atoms with Gasteiger partial charge in [-0.05, 0) is 42.7 Å². The van der Waals surface area contributed by atoms with E-state index < -0.39 is 0 Å². The summed E-state index contributed by atoms with van der Waals surface area (Å²) in [4.78, 5) is 20.0. The molecule has 0 radical (unpaired) electrons. The Morgan fingerprint density at radius 3 is 2.86 bits per heavy atom. The molecule has 0 atom stereocenters. The fourth-order valence-electron chi connectivity index (χ4n) is 3.43. The molecule has 0 bridgehead atoms. The summed E-state index contributed by atoms with van der Waals surface area (Å²) in [6.07, 6.45) is 4.43. The molecule has 0 aliphatic heterocycles. The van der Waals surface area contributed by atoms with Crippen molar-refractivity contribution in [3.8, 4) is 0 Å². The summed E-state index contributed by atoms with van der Waals surface area (Å²) in [6.45, 7) is 3.34. The molecular formula is C24H24N4O. The molecule has 0 spiro atoms. The maximum atomic E-state index is 12.5. The highest BCUT2D eigenvalue weighted by molar-refractivity contribution is 5.93. The lowest BCUT2D eigenvalue weighted by molar-refractivity contribution is 0.0949. The van der Waals surface area contributed by atoms with Gasteiger partial charge in [-0.1, -0.05) is 48.0 Å². The van der Waals surface area contributed by atoms with Crippen LogP contribution in [0.25, 0.3) is 10.9 Å². The molecule has 146 valence electrons. The highest BCUT2D eigenvalue weighted by atomic mass is 16.1. The molecule has 4 aromatic rings. The van der Waals surface area contributed by atoms with Crippen LogP contribution in [-0.4, -0.2) is 22.4 Å². The summed E-state index contributed by atoms with van der Waals surface area (Å²) < 4.78 is 0. The van der Waals surface area contributed by atoms with Crippen molar-refractivity contribution in [1.29, 1.82) is 0 Å². The van der Waals surface area contributed by atoms with Crippen LogP contribution >= 0.6 is 0 Å². The third kappa shape index (κ3) is 4.63. The highest BCUT2D eigenvalue weighted by Crippen LogP contribution is 2.18. The molecule has 3 N–H and O–H groups in total. The first-order valence-electron chi connectivity index (χ1n) is 9.78. The molecular weight excluding hydrogens is 360 g/mol. The van der Waals surface area contributed by atoms with Crippen molar-refractivity contribution in [2.24, 2.45) is 0 Å². The molecule has 1 amide bonds. The van der Waals surface area contributed by atoms with Crippen molar-refractivity contribution in [2.75, 3.05) is 11.9 Å². The lowest BCUT2D eigenvalue weighted by Crippen LogP contribution is -2.26. The number of para-hydroxylation sites is 1. The Hall–Kier alpha value is -3.60. The number of benzene rings is 2. The van der Waals surface area contributed by atoms with E-state index in [1.54, 1.807) is 12.3 Å². The van der Waals surface area contributed by atoms with E-state index >= 15 is 0 Å². The molecule has 0 aliphatic carbocycles. The lowest BCUT2D eigenvalue weighted by atomic mass is 10.1. The smallest absolute Gasteiger partial charge is 0.269 e. The third-order valence-corrected chi connectivity index (χ3v) is 4.93. The van der Waals surface area contributed by atoms with Crippen LogP contribution in [0.2, 0.25) is 0 Å². The number of nitrogens with zero attached hydrogens (tertiary/aromatic N) is 1. The lowest BCUT2D eigenvalue weighted by Gasteiger charge is -2.09. The van der Waals surface area contributed by atoms with Gasteiger partial charge in [0, 0.05) is 42.1 Å². The van der Waals surface area contributed by atoms with Gasteiger partial charge in [-0.3, -0.25) is 9.78 Å². The van der Waals surface area contributed by atoms with Gasteiger partial charge in [0.25, 0.3) is 5.91 Å². The molecule has 0 fully saturated rings. The van der Waals surface area contributed by atoms with Gasteiger partial charge in [0.05, 0.1) is 0 Å². The molecule has 2 heterocycles. The number of aromatic nitrogens is 2. The average molecular weight is 384 g/mol. The maximum absolute atomic E-state index is 12.5. The number of rotatable bonds is 7. The standard InChI is InChI=1S/C24H24N4O/c1-17-5-4-6-18(13-17)15-27-20-10-12-25-23(14-20)24(29)26-11-9-19-16-28-22-8-3-2-7-21(19)22/h2-8,10,12-14,16,28H,9,11,15H2,1H3,(H,25,27)(H,26,29). The SMILES string of the molecule is Cc1cccc(CNc2ccnc(C(=O)NCCc3c[nH]c4ccccc34)c2)c1. The molecule has 0 unspecified atom stereocenters. The number of carbonyl (C=O) groups is 1.